The van der Waals surface area contributed by atoms with E-state index in [1.165, 1.54) is 0 Å². The Bertz CT molecular complexity index is 1080. The van der Waals surface area contributed by atoms with Crippen LogP contribution in [0.3, 0.4) is 0 Å². The van der Waals surface area contributed by atoms with Crippen molar-refractivity contribution < 1.29 is 19.1 Å². The van der Waals surface area contributed by atoms with Crippen LogP contribution in [-0.2, 0) is 11.2 Å². The maximum absolute atomic E-state index is 12.7. The number of hydrogen-bond acceptors (Lipinski definition) is 4. The monoisotopic (exact) mass is 432 g/mol. The van der Waals surface area contributed by atoms with Crippen molar-refractivity contribution in [2.75, 3.05) is 23.8 Å². The summed E-state index contributed by atoms with van der Waals surface area (Å²) in [7, 11) is 0. The number of rotatable bonds is 9. The van der Waals surface area contributed by atoms with Crippen molar-refractivity contribution in [1.29, 1.82) is 0 Å². The van der Waals surface area contributed by atoms with Crippen LogP contribution in [0.4, 0.5) is 11.4 Å². The Hall–Kier alpha value is -3.80. The molecule has 0 atom stereocenters. The highest BCUT2D eigenvalue weighted by Crippen LogP contribution is 2.37. The standard InChI is InChI=1S/C26H28N2O4/c1-4-31-23-17-22(28-26(30)20-12-7-6-8-13-20)24(32-5-2)16-21(23)27-25(29)15-19-11-9-10-18(3)14-19/h6-14,16-17H,4-5,15H2,1-3H3,(H,27,29)(H,28,30). The summed E-state index contributed by atoms with van der Waals surface area (Å²) in [5, 5.41) is 5.80. The van der Waals surface area contributed by atoms with E-state index in [1.807, 2.05) is 51.1 Å². The number of hydrogen-bond donors (Lipinski definition) is 2. The van der Waals surface area contributed by atoms with Gasteiger partial charge in [-0.25, -0.2) is 0 Å². The van der Waals surface area contributed by atoms with Gasteiger partial charge in [0.05, 0.1) is 31.0 Å². The predicted molar refractivity (Wildman–Crippen MR) is 127 cm³/mol. The van der Waals surface area contributed by atoms with Gasteiger partial charge >= 0.3 is 0 Å². The maximum Gasteiger partial charge on any atom is 0.255 e. The molecule has 0 aromatic heterocycles. The van der Waals surface area contributed by atoms with Crippen LogP contribution >= 0.6 is 0 Å². The quantitative estimate of drug-likeness (QED) is 0.486. The summed E-state index contributed by atoms with van der Waals surface area (Å²) in [6, 6.07) is 20.1. The highest BCUT2D eigenvalue weighted by Gasteiger charge is 2.17. The summed E-state index contributed by atoms with van der Waals surface area (Å²) in [5.41, 5.74) is 3.52. The molecule has 0 unspecified atom stereocenters. The second-order valence-electron chi connectivity index (χ2n) is 7.24. The zero-order valence-electron chi connectivity index (χ0n) is 18.6. The molecule has 0 bridgehead atoms. The van der Waals surface area contributed by atoms with E-state index in [9.17, 15) is 9.59 Å². The minimum Gasteiger partial charge on any atom is -0.492 e. The molecule has 166 valence electrons. The van der Waals surface area contributed by atoms with Gasteiger partial charge in [-0.05, 0) is 38.5 Å². The molecule has 0 aliphatic rings. The van der Waals surface area contributed by atoms with Crippen molar-refractivity contribution in [3.05, 3.63) is 83.4 Å². The third kappa shape index (κ3) is 6.11. The van der Waals surface area contributed by atoms with Gasteiger partial charge in [0, 0.05) is 17.7 Å². The van der Waals surface area contributed by atoms with Crippen LogP contribution in [0.15, 0.2) is 66.7 Å². The van der Waals surface area contributed by atoms with E-state index >= 15 is 0 Å². The summed E-state index contributed by atoms with van der Waals surface area (Å²) in [6.45, 7) is 6.51. The topological polar surface area (TPSA) is 76.7 Å². The molecular weight excluding hydrogens is 404 g/mol. The van der Waals surface area contributed by atoms with Crippen LogP contribution < -0.4 is 20.1 Å². The maximum atomic E-state index is 12.7. The Balaban J connectivity index is 1.86. The molecule has 6 nitrogen and oxygen atoms in total. The molecule has 3 aromatic rings. The lowest BCUT2D eigenvalue weighted by Gasteiger charge is -2.18. The van der Waals surface area contributed by atoms with Crippen LogP contribution in [0.5, 0.6) is 11.5 Å². The van der Waals surface area contributed by atoms with Gasteiger partial charge < -0.3 is 20.1 Å². The summed E-state index contributed by atoms with van der Waals surface area (Å²) in [6.07, 6.45) is 0.240. The first-order chi connectivity index (χ1) is 15.5. The second-order valence-corrected chi connectivity index (χ2v) is 7.24. The Morgan fingerprint density at radius 2 is 1.41 bits per heavy atom. The fourth-order valence-electron chi connectivity index (χ4n) is 3.29. The number of carbonyl (C=O) groups excluding carboxylic acids is 2. The lowest BCUT2D eigenvalue weighted by atomic mass is 10.1. The molecule has 32 heavy (non-hydrogen) atoms. The van der Waals surface area contributed by atoms with Crippen molar-refractivity contribution in [3.63, 3.8) is 0 Å². The van der Waals surface area contributed by atoms with Crippen LogP contribution in [0, 0.1) is 6.92 Å². The summed E-state index contributed by atoms with van der Waals surface area (Å²) >= 11 is 0. The number of anilines is 2. The largest absolute Gasteiger partial charge is 0.492 e. The molecule has 0 aliphatic heterocycles. The van der Waals surface area contributed by atoms with Crippen molar-refractivity contribution in [2.45, 2.75) is 27.2 Å². The average molecular weight is 433 g/mol. The van der Waals surface area contributed by atoms with Crippen molar-refractivity contribution in [3.8, 4) is 11.5 Å². The van der Waals surface area contributed by atoms with E-state index in [2.05, 4.69) is 10.6 Å². The van der Waals surface area contributed by atoms with Gasteiger partial charge in [0.25, 0.3) is 5.91 Å². The molecule has 0 fully saturated rings. The number of benzene rings is 3. The zero-order valence-corrected chi connectivity index (χ0v) is 18.6. The number of carbonyl (C=O) groups is 2. The minimum absolute atomic E-state index is 0.167. The molecule has 6 heteroatoms. The highest BCUT2D eigenvalue weighted by molar-refractivity contribution is 6.05. The Morgan fingerprint density at radius 3 is 2.00 bits per heavy atom. The Kier molecular flexibility index (Phi) is 7.86. The molecule has 2 N–H and O–H groups in total. The van der Waals surface area contributed by atoms with Crippen LogP contribution in [-0.4, -0.2) is 25.0 Å². The molecule has 0 saturated heterocycles. The third-order valence-corrected chi connectivity index (χ3v) is 4.69. The molecule has 3 rings (SSSR count). The van der Waals surface area contributed by atoms with Crippen LogP contribution in [0.1, 0.15) is 35.3 Å². The first-order valence-corrected chi connectivity index (χ1v) is 10.7. The number of aryl methyl sites for hydroxylation is 1. The third-order valence-electron chi connectivity index (χ3n) is 4.69. The lowest BCUT2D eigenvalue weighted by molar-refractivity contribution is -0.115. The molecule has 0 heterocycles. The molecule has 0 radical (unpaired) electrons. The average Bonchev–Trinajstić information content (AvgIpc) is 2.77. The number of amides is 2. The van der Waals surface area contributed by atoms with E-state index in [0.29, 0.717) is 41.7 Å². The summed E-state index contributed by atoms with van der Waals surface area (Å²) in [5.74, 6) is 0.480. The van der Waals surface area contributed by atoms with E-state index in [4.69, 9.17) is 9.47 Å². The molecule has 0 spiro atoms. The van der Waals surface area contributed by atoms with Crippen LogP contribution in [0.25, 0.3) is 0 Å². The van der Waals surface area contributed by atoms with Gasteiger partial charge in [0.2, 0.25) is 5.91 Å². The van der Waals surface area contributed by atoms with Crippen molar-refractivity contribution in [2.24, 2.45) is 0 Å². The fraction of sp³-hybridized carbons (Fsp3) is 0.231. The van der Waals surface area contributed by atoms with E-state index in [-0.39, 0.29) is 18.2 Å². The summed E-state index contributed by atoms with van der Waals surface area (Å²) in [4.78, 5) is 25.3. The van der Waals surface area contributed by atoms with Gasteiger partial charge in [-0.3, -0.25) is 9.59 Å². The van der Waals surface area contributed by atoms with Crippen molar-refractivity contribution in [1.82, 2.24) is 0 Å². The number of nitrogens with one attached hydrogen (secondary N) is 2. The van der Waals surface area contributed by atoms with E-state index in [1.54, 1.807) is 36.4 Å². The second kappa shape index (κ2) is 11.0. The predicted octanol–water partition coefficient (Wildman–Crippen LogP) is 5.23. The van der Waals surface area contributed by atoms with Gasteiger partial charge in [-0.15, -0.1) is 0 Å². The number of ether oxygens (including phenoxy) is 2. The molecule has 2 amide bonds. The minimum atomic E-state index is -0.259. The van der Waals surface area contributed by atoms with Gasteiger partial charge in [-0.2, -0.15) is 0 Å². The molecule has 0 saturated carbocycles. The van der Waals surface area contributed by atoms with Gasteiger partial charge in [0.15, 0.2) is 0 Å². The first-order valence-electron chi connectivity index (χ1n) is 10.7. The Morgan fingerprint density at radius 1 is 0.781 bits per heavy atom. The smallest absolute Gasteiger partial charge is 0.255 e. The van der Waals surface area contributed by atoms with E-state index < -0.39 is 0 Å². The zero-order chi connectivity index (χ0) is 22.9. The SMILES string of the molecule is CCOc1cc(NC(=O)c2ccccc2)c(OCC)cc1NC(=O)Cc1cccc(C)c1. The van der Waals surface area contributed by atoms with Crippen LogP contribution in [0.2, 0.25) is 0 Å². The first kappa shape index (κ1) is 22.9. The molecule has 0 aliphatic carbocycles. The Labute approximate surface area is 188 Å². The normalized spacial score (nSPS) is 10.3. The fourth-order valence-corrected chi connectivity index (χ4v) is 3.29. The lowest BCUT2D eigenvalue weighted by Crippen LogP contribution is -2.17. The van der Waals surface area contributed by atoms with Gasteiger partial charge in [0.1, 0.15) is 11.5 Å². The molecular formula is C26H28N2O4. The van der Waals surface area contributed by atoms with Gasteiger partial charge in [-0.1, -0.05) is 48.0 Å². The summed E-state index contributed by atoms with van der Waals surface area (Å²) < 4.78 is 11.5. The van der Waals surface area contributed by atoms with Crippen molar-refractivity contribution >= 4 is 23.2 Å². The van der Waals surface area contributed by atoms with E-state index in [0.717, 1.165) is 11.1 Å². The molecule has 3 aromatic carbocycles. The highest BCUT2D eigenvalue weighted by atomic mass is 16.5.